The molecule has 1 saturated carbocycles. The molecule has 0 spiro atoms. The molecule has 2 atom stereocenters. The molecule has 0 saturated heterocycles. The van der Waals surface area contributed by atoms with Crippen LogP contribution in [-0.2, 0) is 5.54 Å². The van der Waals surface area contributed by atoms with Gasteiger partial charge in [0.25, 0.3) is 0 Å². The molecule has 1 fully saturated rings. The lowest BCUT2D eigenvalue weighted by atomic mass is 9.62. The Labute approximate surface area is 167 Å². The lowest BCUT2D eigenvalue weighted by molar-refractivity contribution is 0.119. The lowest BCUT2D eigenvalue weighted by Crippen LogP contribution is -2.45. The van der Waals surface area contributed by atoms with Gasteiger partial charge in [0.15, 0.2) is 0 Å². The molecule has 1 aliphatic carbocycles. The second-order valence-corrected chi connectivity index (χ2v) is 9.12. The van der Waals surface area contributed by atoms with E-state index in [-0.39, 0.29) is 11.0 Å². The highest BCUT2D eigenvalue weighted by molar-refractivity contribution is 5.77. The van der Waals surface area contributed by atoms with Crippen molar-refractivity contribution in [3.8, 4) is 5.75 Å². The standard InChI is InChI=1S/C24H31N3O/c1-5-28-19-12-10-18(11-13-19)24(15-17(2)14-23(3,4)16-24)27-22-25-20-8-6-7-9-21(20)26-22/h6-13,17H,5,14-16H2,1-4H3,(H2,25,26,27)/t17-,24+/m1/s1. The maximum absolute atomic E-state index is 5.66. The molecular weight excluding hydrogens is 346 g/mol. The molecule has 2 aromatic carbocycles. The molecule has 3 aromatic rings. The molecule has 1 heterocycles. The van der Waals surface area contributed by atoms with Gasteiger partial charge in [0.2, 0.25) is 5.95 Å². The van der Waals surface area contributed by atoms with Crippen LogP contribution in [0.15, 0.2) is 48.5 Å². The fourth-order valence-corrected chi connectivity index (χ4v) is 5.23. The van der Waals surface area contributed by atoms with Crippen molar-refractivity contribution in [2.24, 2.45) is 11.3 Å². The Balaban J connectivity index is 1.74. The first-order valence-corrected chi connectivity index (χ1v) is 10.4. The van der Waals surface area contributed by atoms with Crippen LogP contribution in [0.25, 0.3) is 11.0 Å². The minimum atomic E-state index is -0.153. The summed E-state index contributed by atoms with van der Waals surface area (Å²) < 4.78 is 5.66. The van der Waals surface area contributed by atoms with Gasteiger partial charge in [0.05, 0.1) is 23.2 Å². The van der Waals surface area contributed by atoms with E-state index in [2.05, 4.69) is 61.4 Å². The zero-order chi connectivity index (χ0) is 19.8. The van der Waals surface area contributed by atoms with Gasteiger partial charge in [-0.25, -0.2) is 4.98 Å². The van der Waals surface area contributed by atoms with Crippen molar-refractivity contribution in [1.82, 2.24) is 9.97 Å². The highest BCUT2D eigenvalue weighted by Crippen LogP contribution is 2.50. The summed E-state index contributed by atoms with van der Waals surface area (Å²) in [7, 11) is 0. The largest absolute Gasteiger partial charge is 0.494 e. The number of aromatic amines is 1. The molecule has 1 aliphatic rings. The van der Waals surface area contributed by atoms with Crippen LogP contribution in [0, 0.1) is 11.3 Å². The molecule has 148 valence electrons. The number of benzene rings is 2. The molecule has 0 unspecified atom stereocenters. The Kier molecular flexibility index (Phi) is 4.82. The minimum absolute atomic E-state index is 0.153. The number of anilines is 1. The van der Waals surface area contributed by atoms with E-state index in [1.807, 2.05) is 25.1 Å². The van der Waals surface area contributed by atoms with Crippen molar-refractivity contribution in [2.45, 2.75) is 52.5 Å². The smallest absolute Gasteiger partial charge is 0.201 e. The number of nitrogens with one attached hydrogen (secondary N) is 2. The monoisotopic (exact) mass is 377 g/mol. The van der Waals surface area contributed by atoms with Crippen molar-refractivity contribution in [3.05, 3.63) is 54.1 Å². The molecule has 0 aliphatic heterocycles. The number of hydrogen-bond donors (Lipinski definition) is 2. The van der Waals surface area contributed by atoms with E-state index in [9.17, 15) is 0 Å². The zero-order valence-corrected chi connectivity index (χ0v) is 17.4. The molecule has 2 N–H and O–H groups in total. The molecule has 4 rings (SSSR count). The summed E-state index contributed by atoms with van der Waals surface area (Å²) in [5.74, 6) is 2.40. The van der Waals surface area contributed by atoms with Gasteiger partial charge < -0.3 is 15.0 Å². The fraction of sp³-hybridized carbons (Fsp3) is 0.458. The van der Waals surface area contributed by atoms with Crippen molar-refractivity contribution in [3.63, 3.8) is 0 Å². The third-order valence-electron chi connectivity index (χ3n) is 5.84. The van der Waals surface area contributed by atoms with Crippen LogP contribution in [0.4, 0.5) is 5.95 Å². The Hall–Kier alpha value is -2.49. The van der Waals surface area contributed by atoms with Gasteiger partial charge in [-0.3, -0.25) is 0 Å². The Morgan fingerprint density at radius 3 is 2.54 bits per heavy atom. The first-order chi connectivity index (χ1) is 13.4. The minimum Gasteiger partial charge on any atom is -0.494 e. The number of imidazole rings is 1. The van der Waals surface area contributed by atoms with Crippen LogP contribution in [0.2, 0.25) is 0 Å². The summed E-state index contributed by atoms with van der Waals surface area (Å²) in [6.07, 6.45) is 3.39. The first-order valence-electron chi connectivity index (χ1n) is 10.4. The first kappa shape index (κ1) is 18.9. The summed E-state index contributed by atoms with van der Waals surface area (Å²) in [5, 5.41) is 3.83. The highest BCUT2D eigenvalue weighted by Gasteiger charge is 2.44. The third kappa shape index (κ3) is 3.73. The van der Waals surface area contributed by atoms with E-state index < -0.39 is 0 Å². The maximum Gasteiger partial charge on any atom is 0.201 e. The van der Waals surface area contributed by atoms with Crippen molar-refractivity contribution >= 4 is 17.0 Å². The number of hydrogen-bond acceptors (Lipinski definition) is 3. The summed E-state index contributed by atoms with van der Waals surface area (Å²) >= 11 is 0. The number of rotatable bonds is 5. The molecule has 4 heteroatoms. The van der Waals surface area contributed by atoms with E-state index in [0.29, 0.717) is 12.5 Å². The predicted octanol–water partition coefficient (Wildman–Crippen LogP) is 6.12. The number of ether oxygens (including phenoxy) is 1. The van der Waals surface area contributed by atoms with E-state index in [0.717, 1.165) is 35.6 Å². The Bertz CT molecular complexity index is 911. The molecular formula is C24H31N3O. The number of aromatic nitrogens is 2. The quantitative estimate of drug-likeness (QED) is 0.563. The molecule has 1 aromatic heterocycles. The van der Waals surface area contributed by atoms with Gasteiger partial charge in [-0.05, 0) is 67.3 Å². The van der Waals surface area contributed by atoms with Gasteiger partial charge >= 0.3 is 0 Å². The van der Waals surface area contributed by atoms with Gasteiger partial charge in [0.1, 0.15) is 5.75 Å². The summed E-state index contributed by atoms with van der Waals surface area (Å²) in [4.78, 5) is 8.27. The summed E-state index contributed by atoms with van der Waals surface area (Å²) in [5.41, 5.74) is 3.47. The predicted molar refractivity (Wildman–Crippen MR) is 116 cm³/mol. The average molecular weight is 378 g/mol. The topological polar surface area (TPSA) is 49.9 Å². The number of para-hydroxylation sites is 2. The van der Waals surface area contributed by atoms with Crippen LogP contribution >= 0.6 is 0 Å². The third-order valence-corrected chi connectivity index (χ3v) is 5.84. The molecule has 0 amide bonds. The van der Waals surface area contributed by atoms with Crippen molar-refractivity contribution in [2.75, 3.05) is 11.9 Å². The van der Waals surface area contributed by atoms with Crippen LogP contribution in [0.1, 0.15) is 52.5 Å². The average Bonchev–Trinajstić information content (AvgIpc) is 3.02. The summed E-state index contributed by atoms with van der Waals surface area (Å²) in [6, 6.07) is 16.8. The molecule has 4 nitrogen and oxygen atoms in total. The summed E-state index contributed by atoms with van der Waals surface area (Å²) in [6.45, 7) is 9.83. The van der Waals surface area contributed by atoms with Gasteiger partial charge in [-0.1, -0.05) is 45.0 Å². The van der Waals surface area contributed by atoms with E-state index in [1.165, 1.54) is 12.0 Å². The van der Waals surface area contributed by atoms with E-state index >= 15 is 0 Å². The van der Waals surface area contributed by atoms with Gasteiger partial charge in [0, 0.05) is 0 Å². The van der Waals surface area contributed by atoms with Crippen LogP contribution in [-0.4, -0.2) is 16.6 Å². The number of H-pyrrole nitrogens is 1. The zero-order valence-electron chi connectivity index (χ0n) is 17.4. The van der Waals surface area contributed by atoms with Gasteiger partial charge in [-0.2, -0.15) is 0 Å². The van der Waals surface area contributed by atoms with E-state index in [1.54, 1.807) is 0 Å². The second-order valence-electron chi connectivity index (χ2n) is 9.12. The molecule has 0 radical (unpaired) electrons. The van der Waals surface area contributed by atoms with Crippen molar-refractivity contribution in [1.29, 1.82) is 0 Å². The van der Waals surface area contributed by atoms with Gasteiger partial charge in [-0.15, -0.1) is 0 Å². The Morgan fingerprint density at radius 2 is 1.86 bits per heavy atom. The van der Waals surface area contributed by atoms with Crippen molar-refractivity contribution < 1.29 is 4.74 Å². The number of fused-ring (bicyclic) bond motifs is 1. The maximum atomic E-state index is 5.66. The second kappa shape index (κ2) is 7.16. The Morgan fingerprint density at radius 1 is 1.11 bits per heavy atom. The van der Waals surface area contributed by atoms with Crippen LogP contribution < -0.4 is 10.1 Å². The molecule has 0 bridgehead atoms. The normalized spacial score (nSPS) is 24.2. The van der Waals surface area contributed by atoms with E-state index in [4.69, 9.17) is 9.72 Å². The van der Waals surface area contributed by atoms with Crippen LogP contribution in [0.3, 0.4) is 0 Å². The number of nitrogens with zero attached hydrogens (tertiary/aromatic N) is 1. The molecule has 28 heavy (non-hydrogen) atoms. The van der Waals surface area contributed by atoms with Crippen LogP contribution in [0.5, 0.6) is 5.75 Å². The highest BCUT2D eigenvalue weighted by atomic mass is 16.5. The fourth-order valence-electron chi connectivity index (χ4n) is 5.23. The lowest BCUT2D eigenvalue weighted by Gasteiger charge is -2.48. The SMILES string of the molecule is CCOc1ccc([C@]2(Nc3nc4ccccc4[nH]3)C[C@H](C)CC(C)(C)C2)cc1.